The summed E-state index contributed by atoms with van der Waals surface area (Å²) in [4.78, 5) is 12.2. The zero-order valence-electron chi connectivity index (χ0n) is 10.0. The van der Waals surface area contributed by atoms with Gasteiger partial charge >= 0.3 is 7.60 Å². The van der Waals surface area contributed by atoms with E-state index in [1.165, 1.54) is 20.6 Å². The summed E-state index contributed by atoms with van der Waals surface area (Å²) in [5.74, 6) is 1.22. The molecule has 2 fully saturated rings. The maximum absolute atomic E-state index is 12.2. The lowest BCUT2D eigenvalue weighted by atomic mass is 9.81. The quantitative estimate of drug-likeness (QED) is 0.715. The van der Waals surface area contributed by atoms with Gasteiger partial charge in [-0.2, -0.15) is 0 Å². The summed E-state index contributed by atoms with van der Waals surface area (Å²) in [6.07, 6.45) is 3.39. The van der Waals surface area contributed by atoms with Gasteiger partial charge in [0.05, 0.1) is 0 Å². The Bertz CT molecular complexity index is 331. The van der Waals surface area contributed by atoms with Crippen LogP contribution in [0.3, 0.4) is 0 Å². The van der Waals surface area contributed by atoms with Crippen molar-refractivity contribution in [1.82, 2.24) is 0 Å². The molecule has 0 amide bonds. The molecule has 4 atom stereocenters. The molecule has 0 aromatic heterocycles. The number of hydrogen-bond donors (Lipinski definition) is 0. The van der Waals surface area contributed by atoms with Gasteiger partial charge in [0, 0.05) is 20.1 Å². The molecule has 2 bridgehead atoms. The molecule has 2 saturated carbocycles. The first kappa shape index (κ1) is 12.3. The predicted molar refractivity (Wildman–Crippen MR) is 60.1 cm³/mol. The molecule has 5 heteroatoms. The minimum absolute atomic E-state index is 0.121. The molecule has 16 heavy (non-hydrogen) atoms. The van der Waals surface area contributed by atoms with Gasteiger partial charge in [-0.25, -0.2) is 0 Å². The topological polar surface area (TPSA) is 52.6 Å². The van der Waals surface area contributed by atoms with Gasteiger partial charge < -0.3 is 9.05 Å². The molecule has 0 aliphatic heterocycles. The van der Waals surface area contributed by atoms with Crippen LogP contribution in [0.2, 0.25) is 0 Å². The molecule has 0 saturated heterocycles. The lowest BCUT2D eigenvalue weighted by Crippen LogP contribution is -2.28. The Hall–Kier alpha value is -0.180. The summed E-state index contributed by atoms with van der Waals surface area (Å²) in [5.41, 5.74) is -0.308. The lowest BCUT2D eigenvalue weighted by molar-refractivity contribution is -0.120. The average molecular weight is 246 g/mol. The van der Waals surface area contributed by atoms with Crippen LogP contribution in [0.25, 0.3) is 0 Å². The maximum atomic E-state index is 12.2. The maximum Gasteiger partial charge on any atom is 0.396 e. The Balaban J connectivity index is 2.20. The molecule has 0 aromatic carbocycles. The molecule has 4 nitrogen and oxygen atoms in total. The fraction of sp³-hybridized carbons (Fsp3) is 0.909. The van der Waals surface area contributed by atoms with Crippen molar-refractivity contribution in [2.24, 2.45) is 23.7 Å². The SMILES string of the molecule is COP(=O)(OC)C(=O)[C@H]1[C@H]2CC[C@H](C2)[C@@H]1C. The largest absolute Gasteiger partial charge is 0.396 e. The summed E-state index contributed by atoms with van der Waals surface area (Å²) >= 11 is 0. The molecule has 2 rings (SSSR count). The fourth-order valence-corrected chi connectivity index (χ4v) is 4.76. The number of carbonyl (C=O) groups excluding carboxylic acids is 1. The smallest absolute Gasteiger partial charge is 0.307 e. The summed E-state index contributed by atoms with van der Waals surface area (Å²) in [6.45, 7) is 2.09. The van der Waals surface area contributed by atoms with E-state index in [1.54, 1.807) is 0 Å². The van der Waals surface area contributed by atoms with Crippen molar-refractivity contribution >= 4 is 13.1 Å². The Kier molecular flexibility index (Phi) is 3.26. The molecule has 0 unspecified atom stereocenters. The highest BCUT2D eigenvalue weighted by atomic mass is 31.2. The highest BCUT2D eigenvalue weighted by Crippen LogP contribution is 2.59. The molecule has 0 aromatic rings. The van der Waals surface area contributed by atoms with Gasteiger partial charge in [-0.15, -0.1) is 0 Å². The first-order valence-corrected chi connectivity index (χ1v) is 7.33. The number of carbonyl (C=O) groups is 1. The van der Waals surface area contributed by atoms with E-state index in [0.717, 1.165) is 12.8 Å². The molecule has 2 aliphatic rings. The molecule has 92 valence electrons. The molecule has 0 spiro atoms. The van der Waals surface area contributed by atoms with Crippen molar-refractivity contribution in [2.75, 3.05) is 14.2 Å². The van der Waals surface area contributed by atoms with Gasteiger partial charge in [0.25, 0.3) is 0 Å². The van der Waals surface area contributed by atoms with E-state index in [9.17, 15) is 9.36 Å². The standard InChI is InChI=1S/C11H19O4P/c1-7-8-4-5-9(6-8)10(7)11(12)16(13,14-2)15-3/h7-10H,4-6H2,1-3H3/t7-,8+,9-,10+/m0/s1. The van der Waals surface area contributed by atoms with Crippen molar-refractivity contribution in [2.45, 2.75) is 26.2 Å². The lowest BCUT2D eigenvalue weighted by Gasteiger charge is -2.28. The summed E-state index contributed by atoms with van der Waals surface area (Å²) in [6, 6.07) is 0. The normalized spacial score (nSPS) is 37.9. The highest BCUT2D eigenvalue weighted by molar-refractivity contribution is 7.71. The predicted octanol–water partition coefficient (Wildman–Crippen LogP) is 2.68. The number of fused-ring (bicyclic) bond motifs is 2. The van der Waals surface area contributed by atoms with Crippen LogP contribution in [0.5, 0.6) is 0 Å². The zero-order chi connectivity index (χ0) is 11.9. The van der Waals surface area contributed by atoms with Gasteiger partial charge in [0.1, 0.15) is 0 Å². The summed E-state index contributed by atoms with van der Waals surface area (Å²) in [7, 11) is -0.972. The fourth-order valence-electron chi connectivity index (χ4n) is 3.44. The molecular formula is C11H19O4P. The van der Waals surface area contributed by atoms with Gasteiger partial charge in [0.15, 0.2) is 0 Å². The van der Waals surface area contributed by atoms with Crippen LogP contribution in [0.15, 0.2) is 0 Å². The van der Waals surface area contributed by atoms with E-state index in [4.69, 9.17) is 9.05 Å². The summed E-state index contributed by atoms with van der Waals surface area (Å²) in [5, 5.41) is 0. The van der Waals surface area contributed by atoms with Crippen LogP contribution in [0.4, 0.5) is 0 Å². The van der Waals surface area contributed by atoms with Crippen molar-refractivity contribution in [3.63, 3.8) is 0 Å². The van der Waals surface area contributed by atoms with Gasteiger partial charge in [-0.1, -0.05) is 6.92 Å². The van der Waals surface area contributed by atoms with Crippen molar-refractivity contribution in [1.29, 1.82) is 0 Å². The molecular weight excluding hydrogens is 227 g/mol. The van der Waals surface area contributed by atoms with E-state index in [-0.39, 0.29) is 11.4 Å². The van der Waals surface area contributed by atoms with E-state index in [2.05, 4.69) is 6.92 Å². The molecule has 0 N–H and O–H groups in total. The molecule has 0 radical (unpaired) electrons. The van der Waals surface area contributed by atoms with E-state index >= 15 is 0 Å². The minimum atomic E-state index is -3.53. The third-order valence-corrected chi connectivity index (χ3v) is 6.17. The van der Waals surface area contributed by atoms with Crippen LogP contribution >= 0.6 is 7.60 Å². The van der Waals surface area contributed by atoms with Gasteiger partial charge in [0.2, 0.25) is 5.52 Å². The van der Waals surface area contributed by atoms with Gasteiger partial charge in [-0.3, -0.25) is 9.36 Å². The van der Waals surface area contributed by atoms with Crippen molar-refractivity contribution < 1.29 is 18.4 Å². The number of rotatable bonds is 4. The second kappa shape index (κ2) is 4.25. The Morgan fingerprint density at radius 2 is 1.75 bits per heavy atom. The van der Waals surface area contributed by atoms with Crippen molar-refractivity contribution in [3.05, 3.63) is 0 Å². The van der Waals surface area contributed by atoms with E-state index in [0.29, 0.717) is 17.8 Å². The van der Waals surface area contributed by atoms with Crippen LogP contribution in [-0.2, 0) is 18.4 Å². The van der Waals surface area contributed by atoms with Crippen LogP contribution in [0.1, 0.15) is 26.2 Å². The minimum Gasteiger partial charge on any atom is -0.307 e. The van der Waals surface area contributed by atoms with Gasteiger partial charge in [-0.05, 0) is 37.0 Å². The average Bonchev–Trinajstić information content (AvgIpc) is 2.87. The zero-order valence-corrected chi connectivity index (χ0v) is 10.9. The first-order chi connectivity index (χ1) is 7.53. The van der Waals surface area contributed by atoms with E-state index in [1.807, 2.05) is 0 Å². The first-order valence-electron chi connectivity index (χ1n) is 5.79. The second-order valence-corrected chi connectivity index (χ2v) is 7.08. The van der Waals surface area contributed by atoms with Crippen LogP contribution < -0.4 is 0 Å². The monoisotopic (exact) mass is 246 g/mol. The summed E-state index contributed by atoms with van der Waals surface area (Å²) < 4.78 is 21.7. The van der Waals surface area contributed by atoms with Crippen LogP contribution in [-0.4, -0.2) is 19.7 Å². The van der Waals surface area contributed by atoms with Crippen molar-refractivity contribution in [3.8, 4) is 0 Å². The Labute approximate surface area is 96.2 Å². The number of hydrogen-bond acceptors (Lipinski definition) is 4. The third kappa shape index (κ3) is 1.68. The molecule has 0 heterocycles. The second-order valence-electron chi connectivity index (χ2n) is 4.92. The molecule has 2 aliphatic carbocycles. The highest BCUT2D eigenvalue weighted by Gasteiger charge is 2.53. The Morgan fingerprint density at radius 1 is 1.19 bits per heavy atom. The van der Waals surface area contributed by atoms with E-state index < -0.39 is 7.60 Å². The van der Waals surface area contributed by atoms with Crippen LogP contribution in [0, 0.1) is 23.7 Å². The Morgan fingerprint density at radius 3 is 2.19 bits per heavy atom. The third-order valence-electron chi connectivity index (χ3n) is 4.37.